The van der Waals surface area contributed by atoms with Crippen LogP contribution in [0.25, 0.3) is 0 Å². The first-order chi connectivity index (χ1) is 11.9. The van der Waals surface area contributed by atoms with E-state index < -0.39 is 0 Å². The molecule has 1 aromatic rings. The Morgan fingerprint density at radius 2 is 1.44 bits per heavy atom. The van der Waals surface area contributed by atoms with Gasteiger partial charge in [-0.1, -0.05) is 63.4 Å². The van der Waals surface area contributed by atoms with Gasteiger partial charge in [0, 0.05) is 11.1 Å². The molecule has 0 radical (unpaired) electrons. The van der Waals surface area contributed by atoms with E-state index in [1.165, 1.54) is 70.6 Å². The van der Waals surface area contributed by atoms with E-state index in [1.54, 1.807) is 5.56 Å². The minimum absolute atomic E-state index is 0.234. The quantitative estimate of drug-likeness (QED) is 0.694. The molecule has 1 heteroatoms. The molecule has 5 aliphatic carbocycles. The van der Waals surface area contributed by atoms with Crippen LogP contribution in [0.3, 0.4) is 0 Å². The van der Waals surface area contributed by atoms with Crippen LogP contribution in [0.1, 0.15) is 90.0 Å². The minimum atomic E-state index is 0.234. The molecule has 25 heavy (non-hydrogen) atoms. The molecule has 0 saturated heterocycles. The monoisotopic (exact) mass is 337 g/mol. The number of hydrogen-bond donors (Lipinski definition) is 1. The Bertz CT molecular complexity index is 623. The van der Waals surface area contributed by atoms with E-state index in [0.29, 0.717) is 16.4 Å². The third-order valence-corrected chi connectivity index (χ3v) is 8.16. The number of nitrogens with one attached hydrogen (secondary N) is 1. The second kappa shape index (κ2) is 5.35. The van der Waals surface area contributed by atoms with Crippen LogP contribution in [0.2, 0.25) is 0 Å². The van der Waals surface area contributed by atoms with Crippen molar-refractivity contribution in [2.45, 2.75) is 95.6 Å². The lowest BCUT2D eigenvalue weighted by Crippen LogP contribution is -2.68. The topological polar surface area (TPSA) is 12.0 Å². The summed E-state index contributed by atoms with van der Waals surface area (Å²) < 4.78 is 0. The van der Waals surface area contributed by atoms with Crippen molar-refractivity contribution in [3.63, 3.8) is 0 Å². The molecule has 1 nitrogen and oxygen atoms in total. The van der Waals surface area contributed by atoms with Crippen LogP contribution in [0.4, 0.5) is 0 Å². The summed E-state index contributed by atoms with van der Waals surface area (Å²) in [4.78, 5) is 0. The maximum atomic E-state index is 4.44. The Balaban J connectivity index is 1.52. The summed E-state index contributed by atoms with van der Waals surface area (Å²) in [6.07, 6.45) is 15.6. The molecule has 0 aliphatic heterocycles. The van der Waals surface area contributed by atoms with E-state index in [2.05, 4.69) is 49.5 Å². The van der Waals surface area contributed by atoms with Gasteiger partial charge in [-0.15, -0.1) is 0 Å². The Hall–Kier alpha value is -0.820. The molecule has 0 heterocycles. The van der Waals surface area contributed by atoms with Crippen LogP contribution in [-0.2, 0) is 5.54 Å². The fourth-order valence-electron chi connectivity index (χ4n) is 8.49. The summed E-state index contributed by atoms with van der Waals surface area (Å²) in [6, 6.07) is 11.4. The molecule has 4 bridgehead atoms. The Morgan fingerprint density at radius 3 is 2.04 bits per heavy atom. The number of hydrogen-bond acceptors (Lipinski definition) is 1. The van der Waals surface area contributed by atoms with Crippen LogP contribution in [0.15, 0.2) is 30.3 Å². The van der Waals surface area contributed by atoms with Gasteiger partial charge in [-0.2, -0.15) is 0 Å². The molecule has 1 aromatic carbocycles. The third-order valence-electron chi connectivity index (χ3n) is 8.16. The van der Waals surface area contributed by atoms with Crippen LogP contribution >= 0.6 is 0 Å². The zero-order valence-corrected chi connectivity index (χ0v) is 16.2. The van der Waals surface area contributed by atoms with Crippen molar-refractivity contribution in [1.29, 1.82) is 0 Å². The van der Waals surface area contributed by atoms with Crippen molar-refractivity contribution in [3.05, 3.63) is 35.9 Å². The summed E-state index contributed by atoms with van der Waals surface area (Å²) in [5, 5.41) is 4.44. The van der Waals surface area contributed by atoms with Crippen LogP contribution in [-0.4, -0.2) is 5.54 Å². The summed E-state index contributed by atoms with van der Waals surface area (Å²) in [5.41, 5.74) is 3.37. The third kappa shape index (κ3) is 2.69. The highest BCUT2D eigenvalue weighted by Crippen LogP contribution is 2.67. The molecule has 2 atom stereocenters. The van der Waals surface area contributed by atoms with E-state index in [0.717, 1.165) is 5.92 Å². The van der Waals surface area contributed by atoms with Gasteiger partial charge in [-0.25, -0.2) is 0 Å². The van der Waals surface area contributed by atoms with Crippen molar-refractivity contribution in [3.8, 4) is 0 Å². The highest BCUT2D eigenvalue weighted by Gasteiger charge is 2.61. The van der Waals surface area contributed by atoms with Crippen molar-refractivity contribution >= 4 is 0 Å². The molecule has 5 aliphatic rings. The summed E-state index contributed by atoms with van der Waals surface area (Å²) in [7, 11) is 0. The average molecular weight is 338 g/mol. The summed E-state index contributed by atoms with van der Waals surface area (Å²) in [6.45, 7) is 5.20. The molecule has 136 valence electrons. The summed E-state index contributed by atoms with van der Waals surface area (Å²) >= 11 is 0. The normalized spacial score (nSPS) is 44.8. The van der Waals surface area contributed by atoms with E-state index in [-0.39, 0.29) is 5.54 Å². The first-order valence-corrected chi connectivity index (χ1v) is 10.8. The molecule has 5 fully saturated rings. The molecular weight excluding hydrogens is 302 g/mol. The van der Waals surface area contributed by atoms with Gasteiger partial charge < -0.3 is 5.32 Å². The molecule has 0 aromatic heterocycles. The smallest absolute Gasteiger partial charge is 0.0438 e. The molecule has 0 amide bonds. The van der Waals surface area contributed by atoms with Gasteiger partial charge in [0.1, 0.15) is 0 Å². The average Bonchev–Trinajstić information content (AvgIpc) is 2.52. The SMILES string of the molecule is CC12CC3CC(C)(C1)CC(NC1(c4ccccc4)CCCCC1)(C3)C2. The van der Waals surface area contributed by atoms with Crippen LogP contribution in [0, 0.1) is 16.7 Å². The van der Waals surface area contributed by atoms with Crippen molar-refractivity contribution in [1.82, 2.24) is 5.32 Å². The Morgan fingerprint density at radius 1 is 0.800 bits per heavy atom. The fraction of sp³-hybridized carbons (Fsp3) is 0.750. The van der Waals surface area contributed by atoms with Gasteiger partial charge in [-0.3, -0.25) is 0 Å². The maximum absolute atomic E-state index is 4.44. The molecule has 1 N–H and O–H groups in total. The second-order valence-electron chi connectivity index (χ2n) is 11.0. The lowest BCUT2D eigenvalue weighted by atomic mass is 9.42. The highest BCUT2D eigenvalue weighted by atomic mass is 15.1. The van der Waals surface area contributed by atoms with Crippen molar-refractivity contribution < 1.29 is 0 Å². The molecular formula is C24H35N. The van der Waals surface area contributed by atoms with Gasteiger partial charge in [0.05, 0.1) is 0 Å². The van der Waals surface area contributed by atoms with Crippen LogP contribution in [0.5, 0.6) is 0 Å². The lowest BCUT2D eigenvalue weighted by molar-refractivity contribution is -0.128. The van der Waals surface area contributed by atoms with Gasteiger partial charge >= 0.3 is 0 Å². The van der Waals surface area contributed by atoms with E-state index in [4.69, 9.17) is 0 Å². The van der Waals surface area contributed by atoms with Crippen molar-refractivity contribution in [2.24, 2.45) is 16.7 Å². The standard InChI is InChI=1S/C24H35N/c1-21-13-19-14-22(2,16-21)18-23(15-19,17-21)25-24(11-7-4-8-12-24)20-9-5-3-6-10-20/h3,5-6,9-10,19,25H,4,7-8,11-18H2,1-2H3. The van der Waals surface area contributed by atoms with Gasteiger partial charge in [0.2, 0.25) is 0 Å². The largest absolute Gasteiger partial charge is 0.302 e. The Labute approximate surface area is 154 Å². The van der Waals surface area contributed by atoms with Gasteiger partial charge in [0.25, 0.3) is 0 Å². The van der Waals surface area contributed by atoms with Crippen LogP contribution < -0.4 is 5.32 Å². The molecule has 5 saturated carbocycles. The first-order valence-electron chi connectivity index (χ1n) is 10.8. The molecule has 2 unspecified atom stereocenters. The zero-order valence-electron chi connectivity index (χ0n) is 16.2. The molecule has 0 spiro atoms. The van der Waals surface area contributed by atoms with Gasteiger partial charge in [0.15, 0.2) is 0 Å². The van der Waals surface area contributed by atoms with E-state index >= 15 is 0 Å². The Kier molecular flexibility index (Phi) is 3.50. The first kappa shape index (κ1) is 16.4. The minimum Gasteiger partial charge on any atom is -0.302 e. The van der Waals surface area contributed by atoms with Crippen molar-refractivity contribution in [2.75, 3.05) is 0 Å². The highest BCUT2D eigenvalue weighted by molar-refractivity contribution is 5.27. The number of benzene rings is 1. The van der Waals surface area contributed by atoms with Gasteiger partial charge in [-0.05, 0) is 73.7 Å². The predicted molar refractivity (Wildman–Crippen MR) is 104 cm³/mol. The number of rotatable bonds is 3. The maximum Gasteiger partial charge on any atom is 0.0438 e. The fourth-order valence-corrected chi connectivity index (χ4v) is 8.49. The molecule has 6 rings (SSSR count). The second-order valence-corrected chi connectivity index (χ2v) is 11.0. The zero-order chi connectivity index (χ0) is 17.2. The lowest BCUT2D eigenvalue weighted by Gasteiger charge is -2.67. The van der Waals surface area contributed by atoms with E-state index in [9.17, 15) is 0 Å². The predicted octanol–water partition coefficient (Wildman–Crippen LogP) is 6.18. The van der Waals surface area contributed by atoms with E-state index in [1.807, 2.05) is 0 Å². The summed E-state index contributed by atoms with van der Waals surface area (Å²) in [5.74, 6) is 0.968.